The van der Waals surface area contributed by atoms with Gasteiger partial charge in [0.25, 0.3) is 0 Å². The lowest BCUT2D eigenvalue weighted by molar-refractivity contribution is 0.0225. The van der Waals surface area contributed by atoms with Gasteiger partial charge in [-0.1, -0.05) is 23.7 Å². The Morgan fingerprint density at radius 2 is 2.04 bits per heavy atom. The summed E-state index contributed by atoms with van der Waals surface area (Å²) in [6.45, 7) is 0.647. The van der Waals surface area contributed by atoms with Gasteiger partial charge in [-0.25, -0.2) is 4.79 Å². The van der Waals surface area contributed by atoms with Crippen molar-refractivity contribution in [1.82, 2.24) is 10.6 Å². The maximum atomic E-state index is 12.0. The molecule has 0 radical (unpaired) electrons. The summed E-state index contributed by atoms with van der Waals surface area (Å²) in [4.78, 5) is 13.2. The summed E-state index contributed by atoms with van der Waals surface area (Å²) in [6.07, 6.45) is 2.63. The second kappa shape index (κ2) is 6.91. The molecule has 0 saturated heterocycles. The highest BCUT2D eigenvalue weighted by molar-refractivity contribution is 7.10. The van der Waals surface area contributed by atoms with E-state index in [2.05, 4.69) is 10.6 Å². The van der Waals surface area contributed by atoms with Crippen LogP contribution in [-0.4, -0.2) is 17.7 Å². The molecule has 23 heavy (non-hydrogen) atoms. The smallest absolute Gasteiger partial charge is 0.315 e. The van der Waals surface area contributed by atoms with E-state index < -0.39 is 5.60 Å². The van der Waals surface area contributed by atoms with E-state index in [9.17, 15) is 9.90 Å². The highest BCUT2D eigenvalue weighted by Crippen LogP contribution is 2.37. The van der Waals surface area contributed by atoms with Crippen molar-refractivity contribution in [1.29, 1.82) is 0 Å². The molecule has 0 bridgehead atoms. The van der Waals surface area contributed by atoms with E-state index in [4.69, 9.17) is 11.6 Å². The number of hydrogen-bond acceptors (Lipinski definition) is 3. The van der Waals surface area contributed by atoms with E-state index in [0.717, 1.165) is 24.0 Å². The summed E-state index contributed by atoms with van der Waals surface area (Å²) < 4.78 is 0. The number of rotatable bonds is 4. The summed E-state index contributed by atoms with van der Waals surface area (Å²) in [5.74, 6) is 0. The Morgan fingerprint density at radius 3 is 2.83 bits per heavy atom. The van der Waals surface area contributed by atoms with Gasteiger partial charge in [0.05, 0.1) is 6.54 Å². The topological polar surface area (TPSA) is 61.4 Å². The van der Waals surface area contributed by atoms with Crippen LogP contribution in [-0.2, 0) is 18.6 Å². The maximum Gasteiger partial charge on any atom is 0.315 e. The monoisotopic (exact) mass is 350 g/mol. The van der Waals surface area contributed by atoms with Crippen molar-refractivity contribution in [3.63, 3.8) is 0 Å². The van der Waals surface area contributed by atoms with E-state index in [1.165, 1.54) is 4.88 Å². The molecule has 0 aliphatic heterocycles. The summed E-state index contributed by atoms with van der Waals surface area (Å²) in [5, 5.41) is 19.1. The molecule has 2 aromatic rings. The number of thiophene rings is 1. The van der Waals surface area contributed by atoms with Gasteiger partial charge in [-0.15, -0.1) is 11.3 Å². The predicted molar refractivity (Wildman–Crippen MR) is 92.8 cm³/mol. The zero-order chi connectivity index (χ0) is 16.3. The van der Waals surface area contributed by atoms with Gasteiger partial charge >= 0.3 is 6.03 Å². The number of urea groups is 1. The number of fused-ring (bicyclic) bond motifs is 1. The number of nitrogens with one attached hydrogen (secondary N) is 2. The number of carbonyl (C=O) groups is 1. The largest absolute Gasteiger partial charge is 0.383 e. The van der Waals surface area contributed by atoms with Crippen molar-refractivity contribution in [2.75, 3.05) is 6.54 Å². The molecule has 1 heterocycles. The predicted octanol–water partition coefficient (Wildman–Crippen LogP) is 3.42. The van der Waals surface area contributed by atoms with Crippen LogP contribution in [0.3, 0.4) is 0 Å². The number of hydrogen-bond donors (Lipinski definition) is 3. The molecule has 1 aliphatic rings. The van der Waals surface area contributed by atoms with Crippen LogP contribution >= 0.6 is 22.9 Å². The second-order valence-electron chi connectivity index (χ2n) is 5.81. The fraction of sp³-hybridized carbons (Fsp3) is 0.353. The van der Waals surface area contributed by atoms with Gasteiger partial charge in [0.2, 0.25) is 0 Å². The molecule has 0 fully saturated rings. The van der Waals surface area contributed by atoms with Gasteiger partial charge in [-0.05, 0) is 54.0 Å². The molecule has 3 rings (SSSR count). The summed E-state index contributed by atoms with van der Waals surface area (Å²) >= 11 is 7.50. The lowest BCUT2D eigenvalue weighted by Gasteiger charge is -2.32. The van der Waals surface area contributed by atoms with Crippen LogP contribution in [0, 0.1) is 0 Å². The highest BCUT2D eigenvalue weighted by atomic mass is 35.5. The molecule has 3 N–H and O–H groups in total. The van der Waals surface area contributed by atoms with Gasteiger partial charge in [0, 0.05) is 16.4 Å². The lowest BCUT2D eigenvalue weighted by atomic mass is 9.83. The molecule has 122 valence electrons. The van der Waals surface area contributed by atoms with Crippen molar-refractivity contribution >= 4 is 29.0 Å². The normalized spacial score (nSPS) is 19.9. The fourth-order valence-corrected chi connectivity index (χ4v) is 4.02. The summed E-state index contributed by atoms with van der Waals surface area (Å²) in [7, 11) is 0. The zero-order valence-electron chi connectivity index (χ0n) is 12.6. The molecule has 0 saturated carbocycles. The molecule has 1 aliphatic carbocycles. The number of halogens is 1. The van der Waals surface area contributed by atoms with Gasteiger partial charge in [-0.2, -0.15) is 0 Å². The lowest BCUT2D eigenvalue weighted by Crippen LogP contribution is -2.45. The third-order valence-corrected chi connectivity index (χ3v) is 5.38. The van der Waals surface area contributed by atoms with Crippen molar-refractivity contribution in [2.24, 2.45) is 0 Å². The quantitative estimate of drug-likeness (QED) is 0.791. The van der Waals surface area contributed by atoms with Crippen LogP contribution in [0.1, 0.15) is 28.8 Å². The Kier molecular flexibility index (Phi) is 4.90. The first-order chi connectivity index (χ1) is 11.1. The van der Waals surface area contributed by atoms with Crippen LogP contribution < -0.4 is 10.6 Å². The van der Waals surface area contributed by atoms with E-state index in [1.807, 2.05) is 23.6 Å². The minimum Gasteiger partial charge on any atom is -0.383 e. The van der Waals surface area contributed by atoms with Crippen LogP contribution in [0.2, 0.25) is 5.02 Å². The number of benzene rings is 1. The number of carbonyl (C=O) groups excluding carboxylic acids is 1. The van der Waals surface area contributed by atoms with E-state index in [0.29, 0.717) is 18.0 Å². The van der Waals surface area contributed by atoms with E-state index >= 15 is 0 Å². The minimum absolute atomic E-state index is 0.225. The van der Waals surface area contributed by atoms with Crippen LogP contribution in [0.25, 0.3) is 0 Å². The molecular formula is C17H19ClN2O2S. The van der Waals surface area contributed by atoms with Gasteiger partial charge in [0.1, 0.15) is 5.60 Å². The Bertz CT molecular complexity index is 686. The van der Waals surface area contributed by atoms with Gasteiger partial charge in [0.15, 0.2) is 0 Å². The molecule has 0 spiro atoms. The Hall–Kier alpha value is -1.56. The second-order valence-corrected chi connectivity index (χ2v) is 7.24. The van der Waals surface area contributed by atoms with Crippen molar-refractivity contribution in [3.05, 3.63) is 56.7 Å². The van der Waals surface area contributed by atoms with E-state index in [1.54, 1.807) is 23.5 Å². The first-order valence-corrected chi connectivity index (χ1v) is 8.88. The van der Waals surface area contributed by atoms with Crippen molar-refractivity contribution in [3.8, 4) is 0 Å². The molecular weight excluding hydrogens is 332 g/mol. The first kappa shape index (κ1) is 16.3. The number of aryl methyl sites for hydroxylation is 1. The van der Waals surface area contributed by atoms with Crippen LogP contribution in [0.5, 0.6) is 0 Å². The summed E-state index contributed by atoms with van der Waals surface area (Å²) in [6, 6.07) is 9.00. The van der Waals surface area contributed by atoms with Crippen LogP contribution in [0.4, 0.5) is 4.79 Å². The maximum absolute atomic E-state index is 12.0. The minimum atomic E-state index is -0.953. The standard InChI is InChI=1S/C17H19ClN2O2S/c18-13-5-3-12(4-6-13)10-19-16(21)20-11-17(22)8-1-2-15-14(17)7-9-23-15/h3-7,9,22H,1-2,8,10-11H2,(H2,19,20,21). The average Bonchev–Trinajstić information content (AvgIpc) is 3.03. The molecule has 4 nitrogen and oxygen atoms in total. The van der Waals surface area contributed by atoms with Crippen molar-refractivity contribution in [2.45, 2.75) is 31.4 Å². The van der Waals surface area contributed by atoms with Crippen LogP contribution in [0.15, 0.2) is 35.7 Å². The van der Waals surface area contributed by atoms with Gasteiger partial charge in [-0.3, -0.25) is 0 Å². The molecule has 1 aromatic carbocycles. The molecule has 6 heteroatoms. The Morgan fingerprint density at radius 1 is 1.26 bits per heavy atom. The third-order valence-electron chi connectivity index (χ3n) is 4.15. The Balaban J connectivity index is 1.52. The Labute approximate surface area is 144 Å². The molecule has 1 unspecified atom stereocenters. The van der Waals surface area contributed by atoms with E-state index in [-0.39, 0.29) is 12.6 Å². The SMILES string of the molecule is O=C(NCc1ccc(Cl)cc1)NCC1(O)CCCc2sccc21. The fourth-order valence-electron chi connectivity index (χ4n) is 2.88. The third kappa shape index (κ3) is 3.86. The molecule has 2 amide bonds. The van der Waals surface area contributed by atoms with Gasteiger partial charge < -0.3 is 15.7 Å². The molecule has 1 aromatic heterocycles. The zero-order valence-corrected chi connectivity index (χ0v) is 14.2. The first-order valence-electron chi connectivity index (χ1n) is 7.62. The number of amides is 2. The average molecular weight is 351 g/mol. The summed E-state index contributed by atoms with van der Waals surface area (Å²) in [5.41, 5.74) is 0.985. The molecule has 1 atom stereocenters. The highest BCUT2D eigenvalue weighted by Gasteiger charge is 2.35. The number of aliphatic hydroxyl groups is 1. The van der Waals surface area contributed by atoms with Crippen molar-refractivity contribution < 1.29 is 9.90 Å².